The van der Waals surface area contributed by atoms with Crippen molar-refractivity contribution in [2.24, 2.45) is 0 Å². The van der Waals surface area contributed by atoms with Crippen molar-refractivity contribution in [1.29, 1.82) is 0 Å². The number of esters is 1. The van der Waals surface area contributed by atoms with Crippen LogP contribution in [0.2, 0.25) is 0 Å². The number of carbonyl (C=O) groups excluding carboxylic acids is 2. The third-order valence-electron chi connectivity index (χ3n) is 3.79. The number of hydrogen-bond acceptors (Lipinski definition) is 6. The number of nitrogens with zero attached hydrogens (tertiary/aromatic N) is 2. The average molecular weight is 327 g/mol. The van der Waals surface area contributed by atoms with Crippen LogP contribution < -0.4 is 10.1 Å². The Morgan fingerprint density at radius 2 is 2.00 bits per heavy atom. The second kappa shape index (κ2) is 6.19. The number of ether oxygens (including phenoxy) is 2. The number of nitrogens with one attached hydrogen (secondary N) is 1. The topological polar surface area (TPSA) is 82.5 Å². The number of aryl methyl sites for hydroxylation is 1. The first-order chi connectivity index (χ1) is 11.5. The maximum absolute atomic E-state index is 12.3. The van der Waals surface area contributed by atoms with Gasteiger partial charge in [-0.1, -0.05) is 12.1 Å². The Morgan fingerprint density at radius 1 is 1.29 bits per heavy atom. The lowest BCUT2D eigenvalue weighted by atomic mass is 10.0. The number of carbonyl (C=O) groups is 2. The van der Waals surface area contributed by atoms with Crippen LogP contribution in [-0.4, -0.2) is 35.9 Å². The lowest BCUT2D eigenvalue weighted by Crippen LogP contribution is -2.24. The van der Waals surface area contributed by atoms with Crippen LogP contribution in [0.1, 0.15) is 16.9 Å². The van der Waals surface area contributed by atoms with E-state index in [2.05, 4.69) is 15.2 Å². The van der Waals surface area contributed by atoms with E-state index in [9.17, 15) is 9.59 Å². The Morgan fingerprint density at radius 3 is 2.62 bits per heavy atom. The summed E-state index contributed by atoms with van der Waals surface area (Å²) < 4.78 is 11.1. The largest absolute Gasteiger partial charge is 0.497 e. The molecule has 7 heteroatoms. The Kier molecular flexibility index (Phi) is 4.07. The van der Waals surface area contributed by atoms with Gasteiger partial charge in [0.2, 0.25) is 0 Å². The Labute approximate surface area is 138 Å². The highest BCUT2D eigenvalue weighted by molar-refractivity contribution is 5.95. The van der Waals surface area contributed by atoms with E-state index < -0.39 is 5.97 Å². The molecule has 2 heterocycles. The normalized spacial score (nSPS) is 15.0. The molecule has 3 rings (SSSR count). The van der Waals surface area contributed by atoms with Gasteiger partial charge in [-0.15, -0.1) is 0 Å². The van der Waals surface area contributed by atoms with Crippen LogP contribution in [0.3, 0.4) is 0 Å². The zero-order valence-electron chi connectivity index (χ0n) is 13.6. The predicted molar refractivity (Wildman–Crippen MR) is 87.9 cm³/mol. The van der Waals surface area contributed by atoms with Gasteiger partial charge in [-0.2, -0.15) is 9.78 Å². The molecule has 0 atom stereocenters. The number of benzene rings is 1. The predicted octanol–water partition coefficient (Wildman–Crippen LogP) is 2.38. The van der Waals surface area contributed by atoms with Gasteiger partial charge in [0.15, 0.2) is 0 Å². The summed E-state index contributed by atoms with van der Waals surface area (Å²) in [6, 6.07) is 7.48. The Hall–Kier alpha value is -3.09. The smallest absolute Gasteiger partial charge is 0.332 e. The minimum atomic E-state index is -0.513. The Balaban J connectivity index is 2.06. The monoisotopic (exact) mass is 327 g/mol. The van der Waals surface area contributed by atoms with E-state index >= 15 is 0 Å². The molecule has 0 saturated carbocycles. The van der Waals surface area contributed by atoms with Crippen LogP contribution in [0.4, 0.5) is 5.82 Å². The van der Waals surface area contributed by atoms with E-state index in [0.29, 0.717) is 11.5 Å². The van der Waals surface area contributed by atoms with Crippen molar-refractivity contribution in [3.05, 3.63) is 41.7 Å². The van der Waals surface area contributed by atoms with Crippen LogP contribution in [0.5, 0.6) is 5.75 Å². The second-order valence-electron chi connectivity index (χ2n) is 5.34. The van der Waals surface area contributed by atoms with Gasteiger partial charge in [0.1, 0.15) is 11.6 Å². The summed E-state index contributed by atoms with van der Waals surface area (Å²) in [5.41, 5.74) is 2.90. The zero-order valence-corrected chi connectivity index (χ0v) is 13.6. The van der Waals surface area contributed by atoms with Crippen molar-refractivity contribution < 1.29 is 19.1 Å². The summed E-state index contributed by atoms with van der Waals surface area (Å²) in [5, 5.41) is 7.43. The number of aromatic nitrogens is 2. The number of methoxy groups -OCH3 is 2. The lowest BCUT2D eigenvalue weighted by Gasteiger charge is -2.19. The molecule has 1 aromatic carbocycles. The molecule has 0 bridgehead atoms. The van der Waals surface area contributed by atoms with Crippen molar-refractivity contribution in [2.75, 3.05) is 19.5 Å². The molecule has 0 unspecified atom stereocenters. The molecule has 1 N–H and O–H groups in total. The van der Waals surface area contributed by atoms with Gasteiger partial charge < -0.3 is 14.8 Å². The van der Waals surface area contributed by atoms with Crippen LogP contribution in [0.25, 0.3) is 11.1 Å². The highest BCUT2D eigenvalue weighted by Gasteiger charge is 2.27. The highest BCUT2D eigenvalue weighted by Crippen LogP contribution is 2.35. The SMILES string of the molecule is COC(=O)C=C1CC(=O)n2nc(C)c(-c3ccc(OC)cc3)c2N1. The minimum Gasteiger partial charge on any atom is -0.497 e. The molecule has 0 amide bonds. The summed E-state index contributed by atoms with van der Waals surface area (Å²) in [5.74, 6) is 0.569. The number of fused-ring (bicyclic) bond motifs is 1. The van der Waals surface area contributed by atoms with Gasteiger partial charge in [-0.3, -0.25) is 4.79 Å². The van der Waals surface area contributed by atoms with Crippen LogP contribution in [0.15, 0.2) is 36.0 Å². The van der Waals surface area contributed by atoms with Crippen molar-refractivity contribution in [3.63, 3.8) is 0 Å². The van der Waals surface area contributed by atoms with Crippen LogP contribution >= 0.6 is 0 Å². The first-order valence-corrected chi connectivity index (χ1v) is 7.36. The minimum absolute atomic E-state index is 0.0608. The molecule has 2 aromatic rings. The van der Waals surface area contributed by atoms with Gasteiger partial charge in [0.05, 0.1) is 26.3 Å². The molecule has 1 aliphatic rings. The standard InChI is InChI=1S/C17H17N3O4/c1-10-16(11-4-6-13(23-2)7-5-11)17-18-12(9-15(22)24-3)8-14(21)20(17)19-10/h4-7,9,18H,8H2,1-3H3. The van der Waals surface area contributed by atoms with E-state index in [0.717, 1.165) is 22.6 Å². The maximum atomic E-state index is 12.3. The fourth-order valence-corrected chi connectivity index (χ4v) is 2.65. The molecule has 1 aliphatic heterocycles. The van der Waals surface area contributed by atoms with E-state index in [1.165, 1.54) is 17.9 Å². The van der Waals surface area contributed by atoms with Gasteiger partial charge in [-0.25, -0.2) is 4.79 Å². The van der Waals surface area contributed by atoms with Crippen molar-refractivity contribution in [1.82, 2.24) is 9.78 Å². The van der Waals surface area contributed by atoms with Gasteiger partial charge in [0.25, 0.3) is 5.91 Å². The number of allylic oxidation sites excluding steroid dienone is 1. The van der Waals surface area contributed by atoms with Gasteiger partial charge in [-0.05, 0) is 24.6 Å². The van der Waals surface area contributed by atoms with Gasteiger partial charge >= 0.3 is 5.97 Å². The first kappa shape index (κ1) is 15.8. The summed E-state index contributed by atoms with van der Waals surface area (Å²) in [6.45, 7) is 1.84. The molecular weight excluding hydrogens is 310 g/mol. The van der Waals surface area contributed by atoms with E-state index in [4.69, 9.17) is 4.74 Å². The Bertz CT molecular complexity index is 834. The molecule has 0 saturated heterocycles. The molecule has 124 valence electrons. The molecule has 0 radical (unpaired) electrons. The average Bonchev–Trinajstić information content (AvgIpc) is 2.91. The molecule has 0 fully saturated rings. The molecule has 7 nitrogen and oxygen atoms in total. The summed E-state index contributed by atoms with van der Waals surface area (Å²) in [7, 11) is 2.90. The fourth-order valence-electron chi connectivity index (χ4n) is 2.65. The van der Waals surface area contributed by atoms with Crippen molar-refractivity contribution in [2.45, 2.75) is 13.3 Å². The second-order valence-corrected chi connectivity index (χ2v) is 5.34. The third kappa shape index (κ3) is 2.76. The molecule has 1 aromatic heterocycles. The number of rotatable bonds is 3. The zero-order chi connectivity index (χ0) is 17.3. The van der Waals surface area contributed by atoms with E-state index in [1.54, 1.807) is 7.11 Å². The highest BCUT2D eigenvalue weighted by atomic mass is 16.5. The fraction of sp³-hybridized carbons (Fsp3) is 0.235. The quantitative estimate of drug-likeness (QED) is 0.688. The van der Waals surface area contributed by atoms with Crippen molar-refractivity contribution in [3.8, 4) is 16.9 Å². The number of anilines is 1. The van der Waals surface area contributed by atoms with E-state index in [-0.39, 0.29) is 12.3 Å². The number of hydrogen-bond donors (Lipinski definition) is 1. The summed E-state index contributed by atoms with van der Waals surface area (Å²) >= 11 is 0. The van der Waals surface area contributed by atoms with Crippen LogP contribution in [-0.2, 0) is 9.53 Å². The third-order valence-corrected chi connectivity index (χ3v) is 3.79. The lowest BCUT2D eigenvalue weighted by molar-refractivity contribution is -0.134. The summed E-state index contributed by atoms with van der Waals surface area (Å²) in [4.78, 5) is 23.8. The molecule has 0 aliphatic carbocycles. The van der Waals surface area contributed by atoms with E-state index in [1.807, 2.05) is 31.2 Å². The van der Waals surface area contributed by atoms with Crippen LogP contribution in [0, 0.1) is 6.92 Å². The molecule has 0 spiro atoms. The maximum Gasteiger partial charge on any atom is 0.332 e. The van der Waals surface area contributed by atoms with Crippen molar-refractivity contribution >= 4 is 17.7 Å². The molecule has 24 heavy (non-hydrogen) atoms. The van der Waals surface area contributed by atoms with Gasteiger partial charge in [0, 0.05) is 17.3 Å². The summed E-state index contributed by atoms with van der Waals surface area (Å²) in [6.07, 6.45) is 1.34. The first-order valence-electron chi connectivity index (χ1n) is 7.36. The molecular formula is C17H17N3O4.